The van der Waals surface area contributed by atoms with Gasteiger partial charge in [-0.3, -0.25) is 9.36 Å². The van der Waals surface area contributed by atoms with E-state index in [0.717, 1.165) is 35.2 Å². The Morgan fingerprint density at radius 1 is 1.33 bits per heavy atom. The van der Waals surface area contributed by atoms with Crippen LogP contribution in [-0.4, -0.2) is 26.6 Å². The first-order valence-corrected chi connectivity index (χ1v) is 8.22. The highest BCUT2D eigenvalue weighted by Gasteiger charge is 2.21. The SMILES string of the molecule is CCc1nn(CC)c(CC(NC)c2cc(C)nn2C)c1Br. The largest absolute Gasteiger partial charge is 0.311 e. The van der Waals surface area contributed by atoms with Gasteiger partial charge in [0.15, 0.2) is 0 Å². The molecule has 0 aliphatic rings. The molecule has 0 aromatic carbocycles. The monoisotopic (exact) mass is 353 g/mol. The number of likely N-dealkylation sites (N-methyl/N-ethyl adjacent to an activating group) is 1. The van der Waals surface area contributed by atoms with Gasteiger partial charge in [0, 0.05) is 20.0 Å². The van der Waals surface area contributed by atoms with Gasteiger partial charge in [0.25, 0.3) is 0 Å². The fourth-order valence-corrected chi connectivity index (χ4v) is 3.44. The third-order valence-corrected chi connectivity index (χ3v) is 4.75. The first-order chi connectivity index (χ1) is 10.0. The number of nitrogens with one attached hydrogen (secondary N) is 1. The molecular formula is C15H24BrN5. The van der Waals surface area contributed by atoms with Gasteiger partial charge in [0.2, 0.25) is 0 Å². The number of hydrogen-bond acceptors (Lipinski definition) is 3. The van der Waals surface area contributed by atoms with Crippen molar-refractivity contribution in [3.8, 4) is 0 Å². The van der Waals surface area contributed by atoms with Crippen molar-refractivity contribution in [2.24, 2.45) is 7.05 Å². The molecule has 6 heteroatoms. The van der Waals surface area contributed by atoms with Crippen LogP contribution in [0.1, 0.15) is 42.7 Å². The van der Waals surface area contributed by atoms with Crippen LogP contribution in [0, 0.1) is 6.92 Å². The summed E-state index contributed by atoms with van der Waals surface area (Å²) in [5, 5.41) is 12.5. The molecule has 2 rings (SSSR count). The predicted octanol–water partition coefficient (Wildman–Crippen LogP) is 2.77. The van der Waals surface area contributed by atoms with E-state index in [1.54, 1.807) is 0 Å². The van der Waals surface area contributed by atoms with Gasteiger partial charge in [-0.05, 0) is 49.3 Å². The number of hydrogen-bond donors (Lipinski definition) is 1. The zero-order valence-corrected chi connectivity index (χ0v) is 15.0. The fourth-order valence-electron chi connectivity index (χ4n) is 2.72. The lowest BCUT2D eigenvalue weighted by Crippen LogP contribution is -2.23. The van der Waals surface area contributed by atoms with Gasteiger partial charge in [0.05, 0.1) is 33.3 Å². The van der Waals surface area contributed by atoms with Gasteiger partial charge in [-0.15, -0.1) is 0 Å². The lowest BCUT2D eigenvalue weighted by Gasteiger charge is -2.17. The smallest absolute Gasteiger partial charge is 0.0766 e. The van der Waals surface area contributed by atoms with Crippen LogP contribution >= 0.6 is 15.9 Å². The number of halogens is 1. The summed E-state index contributed by atoms with van der Waals surface area (Å²) in [5.74, 6) is 0. The molecule has 21 heavy (non-hydrogen) atoms. The van der Waals surface area contributed by atoms with Crippen LogP contribution in [0.2, 0.25) is 0 Å². The third kappa shape index (κ3) is 3.21. The molecule has 0 radical (unpaired) electrons. The summed E-state index contributed by atoms with van der Waals surface area (Å²) in [6, 6.07) is 2.36. The summed E-state index contributed by atoms with van der Waals surface area (Å²) in [7, 11) is 3.99. The van der Waals surface area contributed by atoms with Gasteiger partial charge < -0.3 is 5.32 Å². The molecule has 0 fully saturated rings. The number of nitrogens with zero attached hydrogens (tertiary/aromatic N) is 4. The van der Waals surface area contributed by atoms with Gasteiger partial charge in [-0.25, -0.2) is 0 Å². The molecule has 2 aromatic rings. The second-order valence-electron chi connectivity index (χ2n) is 5.26. The second kappa shape index (κ2) is 6.75. The van der Waals surface area contributed by atoms with E-state index < -0.39 is 0 Å². The topological polar surface area (TPSA) is 47.7 Å². The Morgan fingerprint density at radius 2 is 2.05 bits per heavy atom. The molecule has 5 nitrogen and oxygen atoms in total. The molecule has 2 heterocycles. The van der Waals surface area contributed by atoms with Crippen molar-refractivity contribution in [3.63, 3.8) is 0 Å². The van der Waals surface area contributed by atoms with Crippen LogP contribution in [0.4, 0.5) is 0 Å². The number of aromatic nitrogens is 4. The van der Waals surface area contributed by atoms with Gasteiger partial charge >= 0.3 is 0 Å². The van der Waals surface area contributed by atoms with E-state index in [-0.39, 0.29) is 6.04 Å². The summed E-state index contributed by atoms with van der Waals surface area (Å²) < 4.78 is 5.19. The summed E-state index contributed by atoms with van der Waals surface area (Å²) >= 11 is 3.72. The van der Waals surface area contributed by atoms with Crippen LogP contribution in [0.25, 0.3) is 0 Å². The standard InChI is InChI=1S/C15H24BrN5/c1-6-11-15(16)14(21(7-2)19-11)9-12(17-4)13-8-10(3)18-20(13)5/h8,12,17H,6-7,9H2,1-5H3. The van der Waals surface area contributed by atoms with E-state index in [9.17, 15) is 0 Å². The summed E-state index contributed by atoms with van der Waals surface area (Å²) in [6.07, 6.45) is 1.83. The molecule has 1 unspecified atom stereocenters. The Labute approximate surface area is 134 Å². The quantitative estimate of drug-likeness (QED) is 0.868. The first kappa shape index (κ1) is 16.2. The lowest BCUT2D eigenvalue weighted by atomic mass is 10.1. The minimum Gasteiger partial charge on any atom is -0.311 e. The van der Waals surface area contributed by atoms with E-state index >= 15 is 0 Å². The molecule has 0 aliphatic heterocycles. The third-order valence-electron chi connectivity index (χ3n) is 3.84. The van der Waals surface area contributed by atoms with E-state index in [4.69, 9.17) is 0 Å². The maximum Gasteiger partial charge on any atom is 0.0766 e. The van der Waals surface area contributed by atoms with Crippen molar-refractivity contribution in [1.82, 2.24) is 24.9 Å². The van der Waals surface area contributed by atoms with Gasteiger partial charge in [0.1, 0.15) is 0 Å². The van der Waals surface area contributed by atoms with Gasteiger partial charge in [-0.1, -0.05) is 6.92 Å². The van der Waals surface area contributed by atoms with Crippen LogP contribution in [0.3, 0.4) is 0 Å². The molecule has 0 saturated heterocycles. The Bertz CT molecular complexity index is 614. The Morgan fingerprint density at radius 3 is 2.52 bits per heavy atom. The highest BCUT2D eigenvalue weighted by atomic mass is 79.9. The Kier molecular flexibility index (Phi) is 5.22. The maximum absolute atomic E-state index is 4.67. The fraction of sp³-hybridized carbons (Fsp3) is 0.600. The van der Waals surface area contributed by atoms with Crippen LogP contribution in [-0.2, 0) is 26.4 Å². The second-order valence-corrected chi connectivity index (χ2v) is 6.05. The Hall–Kier alpha value is -1.14. The summed E-state index contributed by atoms with van der Waals surface area (Å²) in [4.78, 5) is 0. The van der Waals surface area contributed by atoms with Crippen molar-refractivity contribution < 1.29 is 0 Å². The molecule has 0 saturated carbocycles. The molecular weight excluding hydrogens is 330 g/mol. The molecule has 0 amide bonds. The van der Waals surface area contributed by atoms with Crippen molar-refractivity contribution in [1.29, 1.82) is 0 Å². The van der Waals surface area contributed by atoms with Crippen LogP contribution in [0.15, 0.2) is 10.5 Å². The van der Waals surface area contributed by atoms with E-state index in [0.29, 0.717) is 0 Å². The molecule has 1 atom stereocenters. The predicted molar refractivity (Wildman–Crippen MR) is 88.4 cm³/mol. The highest BCUT2D eigenvalue weighted by Crippen LogP contribution is 2.27. The van der Waals surface area contributed by atoms with E-state index in [1.807, 2.05) is 25.7 Å². The normalized spacial score (nSPS) is 12.9. The zero-order chi connectivity index (χ0) is 15.6. The van der Waals surface area contributed by atoms with Crippen LogP contribution < -0.4 is 5.32 Å². The van der Waals surface area contributed by atoms with E-state index in [2.05, 4.69) is 56.0 Å². The highest BCUT2D eigenvalue weighted by molar-refractivity contribution is 9.10. The van der Waals surface area contributed by atoms with Crippen molar-refractivity contribution >= 4 is 15.9 Å². The molecule has 116 valence electrons. The molecule has 2 aromatic heterocycles. The average Bonchev–Trinajstić information content (AvgIpc) is 2.95. The number of aryl methyl sites for hydroxylation is 4. The summed E-state index contributed by atoms with van der Waals surface area (Å²) in [6.45, 7) is 7.17. The number of rotatable bonds is 6. The molecule has 1 N–H and O–H groups in total. The molecule has 0 spiro atoms. The molecule has 0 aliphatic carbocycles. The average molecular weight is 354 g/mol. The summed E-state index contributed by atoms with van der Waals surface area (Å²) in [5.41, 5.74) is 4.62. The van der Waals surface area contributed by atoms with Crippen molar-refractivity contribution in [2.75, 3.05) is 7.05 Å². The van der Waals surface area contributed by atoms with Crippen LogP contribution in [0.5, 0.6) is 0 Å². The lowest BCUT2D eigenvalue weighted by molar-refractivity contribution is 0.507. The minimum absolute atomic E-state index is 0.221. The van der Waals surface area contributed by atoms with E-state index in [1.165, 1.54) is 11.4 Å². The molecule has 0 bridgehead atoms. The van der Waals surface area contributed by atoms with Crippen molar-refractivity contribution in [3.05, 3.63) is 33.3 Å². The minimum atomic E-state index is 0.221. The first-order valence-electron chi connectivity index (χ1n) is 7.43. The Balaban J connectivity index is 2.35. The zero-order valence-electron chi connectivity index (χ0n) is 13.4. The van der Waals surface area contributed by atoms with Crippen molar-refractivity contribution in [2.45, 2.75) is 46.2 Å². The maximum atomic E-state index is 4.67. The van der Waals surface area contributed by atoms with Gasteiger partial charge in [-0.2, -0.15) is 10.2 Å².